The van der Waals surface area contributed by atoms with Gasteiger partial charge in [-0.1, -0.05) is 0 Å². The maximum Gasteiger partial charge on any atom is 0.256 e. The van der Waals surface area contributed by atoms with Gasteiger partial charge in [0.15, 0.2) is 4.77 Å². The van der Waals surface area contributed by atoms with Crippen molar-refractivity contribution in [3.05, 3.63) is 26.4 Å². The largest absolute Gasteiger partial charge is 0.379 e. The van der Waals surface area contributed by atoms with Crippen molar-refractivity contribution < 1.29 is 4.74 Å². The van der Waals surface area contributed by atoms with E-state index in [1.54, 1.807) is 0 Å². The first-order valence-electron chi connectivity index (χ1n) is 5.29. The standard InChI is InChI=1S/C10H15N3O2S/c1-7-8(9(14)12-10(16)11-7)6-13-2-4-15-5-3-13/h2-6H2,1H3,(H2,11,12,14,16). The minimum atomic E-state index is -0.0901. The van der Waals surface area contributed by atoms with Crippen LogP contribution in [0.1, 0.15) is 11.3 Å². The first kappa shape index (κ1) is 11.5. The average Bonchev–Trinajstić information content (AvgIpc) is 2.25. The van der Waals surface area contributed by atoms with Gasteiger partial charge in [-0.05, 0) is 19.1 Å². The Morgan fingerprint density at radius 1 is 1.38 bits per heavy atom. The second kappa shape index (κ2) is 4.90. The van der Waals surface area contributed by atoms with Gasteiger partial charge < -0.3 is 9.72 Å². The molecule has 88 valence electrons. The van der Waals surface area contributed by atoms with Gasteiger partial charge in [-0.3, -0.25) is 14.7 Å². The number of aryl methyl sites for hydroxylation is 1. The van der Waals surface area contributed by atoms with Crippen molar-refractivity contribution in [1.82, 2.24) is 14.9 Å². The van der Waals surface area contributed by atoms with Crippen LogP contribution in [-0.4, -0.2) is 41.2 Å². The molecule has 0 saturated carbocycles. The van der Waals surface area contributed by atoms with E-state index in [1.165, 1.54) is 0 Å². The number of H-pyrrole nitrogens is 2. The Morgan fingerprint density at radius 3 is 2.69 bits per heavy atom. The average molecular weight is 241 g/mol. The van der Waals surface area contributed by atoms with E-state index >= 15 is 0 Å². The topological polar surface area (TPSA) is 61.1 Å². The SMILES string of the molecule is Cc1[nH]c(=S)[nH]c(=O)c1CN1CCOCC1. The van der Waals surface area contributed by atoms with E-state index in [4.69, 9.17) is 17.0 Å². The molecule has 0 amide bonds. The molecule has 5 nitrogen and oxygen atoms in total. The fourth-order valence-electron chi connectivity index (χ4n) is 1.80. The molecule has 0 aromatic carbocycles. The van der Waals surface area contributed by atoms with Gasteiger partial charge in [0.2, 0.25) is 0 Å². The number of nitrogens with one attached hydrogen (secondary N) is 2. The van der Waals surface area contributed by atoms with Gasteiger partial charge in [0, 0.05) is 25.3 Å². The third-order valence-corrected chi connectivity index (χ3v) is 2.94. The molecule has 16 heavy (non-hydrogen) atoms. The Balaban J connectivity index is 2.20. The third-order valence-electron chi connectivity index (χ3n) is 2.74. The molecule has 0 aliphatic carbocycles. The smallest absolute Gasteiger partial charge is 0.256 e. The zero-order chi connectivity index (χ0) is 11.5. The minimum absolute atomic E-state index is 0.0901. The van der Waals surface area contributed by atoms with Gasteiger partial charge in [-0.2, -0.15) is 0 Å². The van der Waals surface area contributed by atoms with Gasteiger partial charge in [0.05, 0.1) is 18.8 Å². The second-order valence-corrected chi connectivity index (χ2v) is 4.31. The van der Waals surface area contributed by atoms with Crippen LogP contribution in [0.5, 0.6) is 0 Å². The number of nitrogens with zero attached hydrogens (tertiary/aromatic N) is 1. The lowest BCUT2D eigenvalue weighted by atomic mass is 10.2. The fraction of sp³-hybridized carbons (Fsp3) is 0.600. The number of ether oxygens (including phenoxy) is 1. The monoisotopic (exact) mass is 241 g/mol. The molecule has 1 aromatic heterocycles. The summed E-state index contributed by atoms with van der Waals surface area (Å²) in [6.45, 7) is 5.74. The molecule has 0 atom stereocenters. The Kier molecular flexibility index (Phi) is 3.52. The van der Waals surface area contributed by atoms with Gasteiger partial charge in [-0.25, -0.2) is 0 Å². The van der Waals surface area contributed by atoms with E-state index in [2.05, 4.69) is 14.9 Å². The van der Waals surface area contributed by atoms with Crippen molar-refractivity contribution in [1.29, 1.82) is 0 Å². The van der Waals surface area contributed by atoms with Crippen LogP contribution in [0.25, 0.3) is 0 Å². The molecule has 1 saturated heterocycles. The van der Waals surface area contributed by atoms with Crippen LogP contribution in [0.15, 0.2) is 4.79 Å². The number of hydrogen-bond donors (Lipinski definition) is 2. The number of aromatic amines is 2. The second-order valence-electron chi connectivity index (χ2n) is 3.90. The summed E-state index contributed by atoms with van der Waals surface area (Å²) in [6.07, 6.45) is 0. The van der Waals surface area contributed by atoms with E-state index in [0.717, 1.165) is 37.6 Å². The van der Waals surface area contributed by atoms with Crippen molar-refractivity contribution in [2.75, 3.05) is 26.3 Å². The molecule has 0 spiro atoms. The predicted molar refractivity (Wildman–Crippen MR) is 63.1 cm³/mol. The summed E-state index contributed by atoms with van der Waals surface area (Å²) in [7, 11) is 0. The Labute approximate surface area is 98.4 Å². The molecule has 0 radical (unpaired) electrons. The van der Waals surface area contributed by atoms with Crippen LogP contribution in [0, 0.1) is 11.7 Å². The minimum Gasteiger partial charge on any atom is -0.379 e. The van der Waals surface area contributed by atoms with Crippen molar-refractivity contribution in [2.24, 2.45) is 0 Å². The summed E-state index contributed by atoms with van der Waals surface area (Å²) >= 11 is 4.91. The molecule has 2 heterocycles. The molecular weight excluding hydrogens is 226 g/mol. The van der Waals surface area contributed by atoms with Crippen LogP contribution >= 0.6 is 12.2 Å². The number of rotatable bonds is 2. The molecule has 6 heteroatoms. The summed E-state index contributed by atoms with van der Waals surface area (Å²) in [6, 6.07) is 0. The van der Waals surface area contributed by atoms with Gasteiger partial charge in [0.1, 0.15) is 0 Å². The van der Waals surface area contributed by atoms with Crippen molar-refractivity contribution in [2.45, 2.75) is 13.5 Å². The molecule has 1 aliphatic rings. The lowest BCUT2D eigenvalue weighted by Crippen LogP contribution is -2.37. The van der Waals surface area contributed by atoms with E-state index in [-0.39, 0.29) is 5.56 Å². The summed E-state index contributed by atoms with van der Waals surface area (Å²) in [4.78, 5) is 19.5. The van der Waals surface area contributed by atoms with Crippen LogP contribution in [0.2, 0.25) is 0 Å². The Morgan fingerprint density at radius 2 is 2.06 bits per heavy atom. The summed E-state index contributed by atoms with van der Waals surface area (Å²) in [5, 5.41) is 0. The van der Waals surface area contributed by atoms with Crippen LogP contribution in [0.3, 0.4) is 0 Å². The van der Waals surface area contributed by atoms with Crippen molar-refractivity contribution in [3.63, 3.8) is 0 Å². The molecule has 0 bridgehead atoms. The van der Waals surface area contributed by atoms with Crippen LogP contribution < -0.4 is 5.56 Å². The number of morpholine rings is 1. The first-order chi connectivity index (χ1) is 7.66. The van der Waals surface area contributed by atoms with Crippen molar-refractivity contribution >= 4 is 12.2 Å². The zero-order valence-electron chi connectivity index (χ0n) is 9.21. The highest BCUT2D eigenvalue weighted by molar-refractivity contribution is 7.71. The van der Waals surface area contributed by atoms with Gasteiger partial charge in [-0.15, -0.1) is 0 Å². The quantitative estimate of drug-likeness (QED) is 0.743. The molecular formula is C10H15N3O2S. The lowest BCUT2D eigenvalue weighted by Gasteiger charge is -2.26. The van der Waals surface area contributed by atoms with E-state index < -0.39 is 0 Å². The molecule has 0 unspecified atom stereocenters. The molecule has 1 fully saturated rings. The van der Waals surface area contributed by atoms with Crippen LogP contribution in [-0.2, 0) is 11.3 Å². The van der Waals surface area contributed by atoms with Gasteiger partial charge >= 0.3 is 0 Å². The molecule has 2 N–H and O–H groups in total. The highest BCUT2D eigenvalue weighted by atomic mass is 32.1. The summed E-state index contributed by atoms with van der Waals surface area (Å²) in [5.41, 5.74) is 1.52. The summed E-state index contributed by atoms with van der Waals surface area (Å²) < 4.78 is 5.65. The zero-order valence-corrected chi connectivity index (χ0v) is 10.0. The molecule has 2 rings (SSSR count). The number of hydrogen-bond acceptors (Lipinski definition) is 4. The lowest BCUT2D eigenvalue weighted by molar-refractivity contribution is 0.0338. The van der Waals surface area contributed by atoms with E-state index in [9.17, 15) is 4.79 Å². The van der Waals surface area contributed by atoms with E-state index in [1.807, 2.05) is 6.92 Å². The normalized spacial score (nSPS) is 17.6. The maximum absolute atomic E-state index is 11.7. The molecule has 1 aliphatic heterocycles. The summed E-state index contributed by atoms with van der Waals surface area (Å²) in [5.74, 6) is 0. The fourth-order valence-corrected chi connectivity index (χ4v) is 2.04. The highest BCUT2D eigenvalue weighted by Crippen LogP contribution is 2.05. The third kappa shape index (κ3) is 2.58. The first-order valence-corrected chi connectivity index (χ1v) is 5.70. The van der Waals surface area contributed by atoms with Crippen LogP contribution in [0.4, 0.5) is 0 Å². The maximum atomic E-state index is 11.7. The van der Waals surface area contributed by atoms with E-state index in [0.29, 0.717) is 11.3 Å². The van der Waals surface area contributed by atoms with Gasteiger partial charge in [0.25, 0.3) is 5.56 Å². The molecule has 1 aromatic rings. The highest BCUT2D eigenvalue weighted by Gasteiger charge is 2.14. The Bertz CT molecular complexity index is 474. The van der Waals surface area contributed by atoms with Crippen molar-refractivity contribution in [3.8, 4) is 0 Å². The number of aromatic nitrogens is 2. The predicted octanol–water partition coefficient (Wildman–Crippen LogP) is 0.573. The Hall–Kier alpha value is -0.980.